The summed E-state index contributed by atoms with van der Waals surface area (Å²) in [5.74, 6) is 0.265. The Kier molecular flexibility index (Phi) is 4.54. The van der Waals surface area contributed by atoms with Gasteiger partial charge < -0.3 is 4.52 Å². The third-order valence-corrected chi connectivity index (χ3v) is 5.74. The van der Waals surface area contributed by atoms with E-state index in [-0.39, 0.29) is 18.0 Å². The molecule has 20 heavy (non-hydrogen) atoms. The molecule has 106 valence electrons. The van der Waals surface area contributed by atoms with Gasteiger partial charge in [0.25, 0.3) is 5.69 Å². The predicted octanol–water partition coefficient (Wildman–Crippen LogP) is 3.59. The highest BCUT2D eigenvalue weighted by Gasteiger charge is 2.30. The second-order valence-corrected chi connectivity index (χ2v) is 6.88. The van der Waals surface area contributed by atoms with E-state index in [9.17, 15) is 14.7 Å². The molecule has 8 heteroatoms. The van der Waals surface area contributed by atoms with Crippen LogP contribution in [0, 0.1) is 10.1 Å². The van der Waals surface area contributed by atoms with E-state index in [4.69, 9.17) is 9.05 Å². The third-order valence-electron chi connectivity index (χ3n) is 2.35. The summed E-state index contributed by atoms with van der Waals surface area (Å²) in [7, 11) is -3.44. The maximum absolute atomic E-state index is 12.7. The molecular formula is C12H12NO5PS. The fourth-order valence-corrected chi connectivity index (χ4v) is 4.20. The van der Waals surface area contributed by atoms with E-state index in [1.165, 1.54) is 35.6 Å². The zero-order valence-corrected chi connectivity index (χ0v) is 12.3. The number of benzene rings is 1. The van der Waals surface area contributed by atoms with Gasteiger partial charge in [0.1, 0.15) is 10.4 Å². The topological polar surface area (TPSA) is 78.7 Å². The Morgan fingerprint density at radius 2 is 2.00 bits per heavy atom. The van der Waals surface area contributed by atoms with Gasteiger partial charge in [-0.3, -0.25) is 14.6 Å². The Bertz CT molecular complexity index is 626. The molecule has 0 N–H and O–H groups in total. The van der Waals surface area contributed by atoms with Gasteiger partial charge in [-0.05, 0) is 30.5 Å². The smallest absolute Gasteiger partial charge is 0.420 e. The molecule has 0 aliphatic rings. The van der Waals surface area contributed by atoms with Crippen LogP contribution >= 0.6 is 18.9 Å². The molecule has 0 amide bonds. The van der Waals surface area contributed by atoms with Crippen molar-refractivity contribution in [2.45, 2.75) is 6.92 Å². The molecule has 0 aliphatic heterocycles. The van der Waals surface area contributed by atoms with Crippen LogP contribution in [0.2, 0.25) is 0 Å². The van der Waals surface area contributed by atoms with Crippen molar-refractivity contribution in [1.29, 1.82) is 0 Å². The highest BCUT2D eigenvalue weighted by Crippen LogP contribution is 2.48. The third kappa shape index (κ3) is 3.25. The SMILES string of the molecule is CCOP(=O)(Oc1ccc([N+](=O)[O-])cc1)c1cccs1. The van der Waals surface area contributed by atoms with Gasteiger partial charge in [-0.1, -0.05) is 6.07 Å². The number of nitro groups is 1. The van der Waals surface area contributed by atoms with Gasteiger partial charge >= 0.3 is 7.60 Å². The van der Waals surface area contributed by atoms with E-state index >= 15 is 0 Å². The lowest BCUT2D eigenvalue weighted by Gasteiger charge is -2.17. The van der Waals surface area contributed by atoms with Crippen LogP contribution in [0.25, 0.3) is 0 Å². The van der Waals surface area contributed by atoms with Gasteiger partial charge in [-0.15, -0.1) is 11.3 Å². The first kappa shape index (κ1) is 14.7. The van der Waals surface area contributed by atoms with Crippen LogP contribution in [0.3, 0.4) is 0 Å². The molecule has 1 aromatic heterocycles. The lowest BCUT2D eigenvalue weighted by Crippen LogP contribution is -2.09. The summed E-state index contributed by atoms with van der Waals surface area (Å²) in [6.07, 6.45) is 0. The number of hydrogen-bond acceptors (Lipinski definition) is 6. The van der Waals surface area contributed by atoms with Gasteiger partial charge in [0, 0.05) is 12.1 Å². The summed E-state index contributed by atoms with van der Waals surface area (Å²) in [4.78, 5) is 10.1. The molecular weight excluding hydrogens is 301 g/mol. The van der Waals surface area contributed by atoms with Crippen molar-refractivity contribution < 1.29 is 18.5 Å². The molecule has 0 aliphatic carbocycles. The molecule has 2 aromatic rings. The minimum atomic E-state index is -3.44. The van der Waals surface area contributed by atoms with Gasteiger partial charge in [-0.2, -0.15) is 0 Å². The van der Waals surface area contributed by atoms with Crippen molar-refractivity contribution >= 4 is 29.2 Å². The maximum Gasteiger partial charge on any atom is 0.420 e. The van der Waals surface area contributed by atoms with Crippen LogP contribution in [0.5, 0.6) is 5.75 Å². The minimum absolute atomic E-state index is 0.0558. The van der Waals surface area contributed by atoms with E-state index in [2.05, 4.69) is 0 Å². The molecule has 0 spiro atoms. The molecule has 1 aromatic carbocycles. The summed E-state index contributed by atoms with van der Waals surface area (Å²) in [5.41, 5.74) is -0.0558. The molecule has 0 saturated carbocycles. The predicted molar refractivity (Wildman–Crippen MR) is 76.9 cm³/mol. The number of thiophene rings is 1. The second-order valence-electron chi connectivity index (χ2n) is 3.71. The van der Waals surface area contributed by atoms with E-state index in [1.54, 1.807) is 24.4 Å². The van der Waals surface area contributed by atoms with Crippen molar-refractivity contribution in [3.63, 3.8) is 0 Å². The van der Waals surface area contributed by atoms with Crippen LogP contribution < -0.4 is 9.14 Å². The lowest BCUT2D eigenvalue weighted by molar-refractivity contribution is -0.384. The van der Waals surface area contributed by atoms with Crippen LogP contribution in [0.15, 0.2) is 41.8 Å². The average molecular weight is 313 g/mol. The van der Waals surface area contributed by atoms with Crippen LogP contribution in [-0.2, 0) is 9.09 Å². The number of non-ortho nitro benzene ring substituents is 1. The van der Waals surface area contributed by atoms with Crippen molar-refractivity contribution in [2.75, 3.05) is 6.61 Å². The summed E-state index contributed by atoms with van der Waals surface area (Å²) in [5, 5.41) is 12.4. The van der Waals surface area contributed by atoms with Crippen molar-refractivity contribution in [3.8, 4) is 5.75 Å². The molecule has 1 heterocycles. The highest BCUT2D eigenvalue weighted by atomic mass is 32.1. The Morgan fingerprint density at radius 3 is 2.50 bits per heavy atom. The fourth-order valence-electron chi connectivity index (χ4n) is 1.50. The summed E-state index contributed by atoms with van der Waals surface area (Å²) in [6.45, 7) is 1.96. The number of rotatable bonds is 6. The number of nitro benzene ring substituents is 1. The van der Waals surface area contributed by atoms with E-state index in [1.807, 2.05) is 0 Å². The van der Waals surface area contributed by atoms with Crippen molar-refractivity contribution in [1.82, 2.24) is 0 Å². The van der Waals surface area contributed by atoms with Gasteiger partial charge in [0.2, 0.25) is 0 Å². The fraction of sp³-hybridized carbons (Fsp3) is 0.167. The largest absolute Gasteiger partial charge is 0.421 e. The van der Waals surface area contributed by atoms with Crippen molar-refractivity contribution in [3.05, 3.63) is 51.9 Å². The molecule has 2 rings (SSSR count). The number of nitrogens with zero attached hydrogens (tertiary/aromatic N) is 1. The Hall–Kier alpha value is -1.69. The minimum Gasteiger partial charge on any atom is -0.421 e. The molecule has 6 nitrogen and oxygen atoms in total. The molecule has 1 unspecified atom stereocenters. The van der Waals surface area contributed by atoms with Gasteiger partial charge in [-0.25, -0.2) is 4.57 Å². The van der Waals surface area contributed by atoms with E-state index < -0.39 is 12.5 Å². The summed E-state index contributed by atoms with van der Waals surface area (Å²) >= 11 is 1.28. The zero-order valence-electron chi connectivity index (χ0n) is 10.6. The zero-order chi connectivity index (χ0) is 14.6. The Morgan fingerprint density at radius 1 is 1.30 bits per heavy atom. The standard InChI is InChI=1S/C12H12NO5PS/c1-2-17-19(16,12-4-3-9-20-12)18-11-7-5-10(6-8-11)13(14)15/h3-9H,2H2,1H3. The first-order valence-corrected chi connectivity index (χ1v) is 8.20. The Labute approximate surface area is 119 Å². The first-order valence-electron chi connectivity index (χ1n) is 5.78. The molecule has 1 atom stereocenters. The quantitative estimate of drug-likeness (QED) is 0.462. The van der Waals surface area contributed by atoms with Gasteiger partial charge in [0.15, 0.2) is 0 Å². The van der Waals surface area contributed by atoms with Crippen LogP contribution in [0.4, 0.5) is 5.69 Å². The van der Waals surface area contributed by atoms with Crippen LogP contribution in [-0.4, -0.2) is 11.5 Å². The van der Waals surface area contributed by atoms with Crippen molar-refractivity contribution in [2.24, 2.45) is 0 Å². The summed E-state index contributed by atoms with van der Waals surface area (Å²) < 4.78 is 23.9. The molecule has 0 radical (unpaired) electrons. The van der Waals surface area contributed by atoms with E-state index in [0.717, 1.165) is 0 Å². The molecule has 0 fully saturated rings. The average Bonchev–Trinajstić information content (AvgIpc) is 2.94. The van der Waals surface area contributed by atoms with E-state index in [0.29, 0.717) is 4.62 Å². The number of hydrogen-bond donors (Lipinski definition) is 0. The monoisotopic (exact) mass is 313 g/mol. The molecule has 0 saturated heterocycles. The second kappa shape index (κ2) is 6.17. The maximum atomic E-state index is 12.7. The van der Waals surface area contributed by atoms with Crippen LogP contribution in [0.1, 0.15) is 6.92 Å². The Balaban J connectivity index is 2.25. The first-order chi connectivity index (χ1) is 9.55. The normalized spacial score (nSPS) is 13.7. The van der Waals surface area contributed by atoms with Gasteiger partial charge in [0.05, 0.1) is 11.5 Å². The highest BCUT2D eigenvalue weighted by molar-refractivity contribution is 7.69. The molecule has 0 bridgehead atoms. The lowest BCUT2D eigenvalue weighted by atomic mass is 10.3. The summed E-state index contributed by atoms with van der Waals surface area (Å²) in [6, 6.07) is 8.81.